The molecule has 1 aliphatic rings. The van der Waals surface area contributed by atoms with E-state index >= 15 is 0 Å². The predicted octanol–water partition coefficient (Wildman–Crippen LogP) is 3.81. The quantitative estimate of drug-likeness (QED) is 0.877. The highest BCUT2D eigenvalue weighted by Crippen LogP contribution is 2.38. The van der Waals surface area contributed by atoms with Gasteiger partial charge in [-0.15, -0.1) is 0 Å². The van der Waals surface area contributed by atoms with Crippen molar-refractivity contribution in [1.82, 2.24) is 5.32 Å². The first-order chi connectivity index (χ1) is 8.47. The average Bonchev–Trinajstić information content (AvgIpc) is 2.37. The summed E-state index contributed by atoms with van der Waals surface area (Å²) in [7, 11) is 2.03. The molecule has 0 amide bonds. The first-order valence-corrected chi connectivity index (χ1v) is 6.96. The van der Waals surface area contributed by atoms with Gasteiger partial charge in [0.15, 0.2) is 0 Å². The van der Waals surface area contributed by atoms with Crippen LogP contribution in [0.15, 0.2) is 18.2 Å². The van der Waals surface area contributed by atoms with Gasteiger partial charge in [-0.3, -0.25) is 0 Å². The molecular weight excluding hydrogens is 222 g/mol. The highest BCUT2D eigenvalue weighted by molar-refractivity contribution is 5.43. The molecule has 1 aromatic rings. The summed E-state index contributed by atoms with van der Waals surface area (Å²) in [5, 5.41) is 3.41. The molecule has 1 aromatic carbocycles. The van der Waals surface area contributed by atoms with Crippen LogP contribution in [0.5, 0.6) is 5.75 Å². The van der Waals surface area contributed by atoms with E-state index in [2.05, 4.69) is 51.2 Å². The van der Waals surface area contributed by atoms with Crippen molar-refractivity contribution < 1.29 is 4.74 Å². The third-order valence-electron chi connectivity index (χ3n) is 4.29. The standard InChI is InChI=1S/C16H25NO/c1-6-16(3,4)12-7-8-15-13(10-12)14(17-5)9-11(2)18-15/h7-8,10-11,14,17H,6,9H2,1-5H3. The lowest BCUT2D eigenvalue weighted by atomic mass is 9.80. The Labute approximate surface area is 111 Å². The fraction of sp³-hybridized carbons (Fsp3) is 0.625. The summed E-state index contributed by atoms with van der Waals surface area (Å²) in [5.74, 6) is 1.05. The summed E-state index contributed by atoms with van der Waals surface area (Å²) in [6.45, 7) is 8.98. The predicted molar refractivity (Wildman–Crippen MR) is 76.3 cm³/mol. The summed E-state index contributed by atoms with van der Waals surface area (Å²) in [6.07, 6.45) is 2.48. The second-order valence-electron chi connectivity index (χ2n) is 6.00. The van der Waals surface area contributed by atoms with E-state index in [0.717, 1.165) is 18.6 Å². The van der Waals surface area contributed by atoms with Gasteiger partial charge in [-0.25, -0.2) is 0 Å². The second-order valence-corrected chi connectivity index (χ2v) is 6.00. The Morgan fingerprint density at radius 2 is 2.11 bits per heavy atom. The van der Waals surface area contributed by atoms with Gasteiger partial charge in [0, 0.05) is 18.0 Å². The molecule has 2 unspecified atom stereocenters. The zero-order chi connectivity index (χ0) is 13.3. The fourth-order valence-corrected chi connectivity index (χ4v) is 2.55. The van der Waals surface area contributed by atoms with Gasteiger partial charge in [-0.05, 0) is 43.5 Å². The molecule has 1 heterocycles. The Morgan fingerprint density at radius 1 is 1.39 bits per heavy atom. The number of hydrogen-bond donors (Lipinski definition) is 1. The largest absolute Gasteiger partial charge is 0.490 e. The number of rotatable bonds is 3. The van der Waals surface area contributed by atoms with Crippen molar-refractivity contribution in [2.75, 3.05) is 7.05 Å². The molecule has 1 N–H and O–H groups in total. The number of ether oxygens (including phenoxy) is 1. The van der Waals surface area contributed by atoms with E-state index < -0.39 is 0 Å². The van der Waals surface area contributed by atoms with Gasteiger partial charge < -0.3 is 10.1 Å². The van der Waals surface area contributed by atoms with E-state index in [-0.39, 0.29) is 5.41 Å². The zero-order valence-electron chi connectivity index (χ0n) is 12.2. The summed E-state index contributed by atoms with van der Waals surface area (Å²) in [5.41, 5.74) is 2.95. The average molecular weight is 247 g/mol. The van der Waals surface area contributed by atoms with Gasteiger partial charge in [0.1, 0.15) is 5.75 Å². The van der Waals surface area contributed by atoms with E-state index in [1.807, 2.05) is 7.05 Å². The van der Waals surface area contributed by atoms with Crippen molar-refractivity contribution in [3.63, 3.8) is 0 Å². The van der Waals surface area contributed by atoms with Crippen LogP contribution in [0.3, 0.4) is 0 Å². The lowest BCUT2D eigenvalue weighted by Crippen LogP contribution is -2.30. The third-order valence-corrected chi connectivity index (χ3v) is 4.29. The SMILES string of the molecule is CCC(C)(C)c1ccc2c(c1)C(NC)CC(C)O2. The third kappa shape index (κ3) is 2.39. The van der Waals surface area contributed by atoms with Crippen molar-refractivity contribution in [2.24, 2.45) is 0 Å². The minimum absolute atomic E-state index is 0.233. The van der Waals surface area contributed by atoms with Crippen LogP contribution >= 0.6 is 0 Å². The van der Waals surface area contributed by atoms with Crippen LogP contribution in [0.25, 0.3) is 0 Å². The Kier molecular flexibility index (Phi) is 3.67. The molecule has 0 radical (unpaired) electrons. The Bertz CT molecular complexity index is 425. The molecule has 0 bridgehead atoms. The van der Waals surface area contributed by atoms with Crippen LogP contribution < -0.4 is 10.1 Å². The van der Waals surface area contributed by atoms with Crippen LogP contribution in [-0.4, -0.2) is 13.2 Å². The van der Waals surface area contributed by atoms with Gasteiger partial charge >= 0.3 is 0 Å². The molecule has 0 saturated heterocycles. The Hall–Kier alpha value is -1.02. The van der Waals surface area contributed by atoms with Gasteiger partial charge in [0.25, 0.3) is 0 Å². The van der Waals surface area contributed by atoms with Crippen molar-refractivity contribution in [1.29, 1.82) is 0 Å². The molecule has 0 fully saturated rings. The summed E-state index contributed by atoms with van der Waals surface area (Å²) >= 11 is 0. The number of benzene rings is 1. The van der Waals surface area contributed by atoms with Crippen LogP contribution in [0.2, 0.25) is 0 Å². The van der Waals surface area contributed by atoms with E-state index in [9.17, 15) is 0 Å². The van der Waals surface area contributed by atoms with Crippen LogP contribution in [-0.2, 0) is 5.41 Å². The molecule has 0 aliphatic carbocycles. The van der Waals surface area contributed by atoms with E-state index in [0.29, 0.717) is 12.1 Å². The summed E-state index contributed by atoms with van der Waals surface area (Å²) in [4.78, 5) is 0. The van der Waals surface area contributed by atoms with Crippen molar-refractivity contribution in [3.8, 4) is 5.75 Å². The van der Waals surface area contributed by atoms with E-state index in [4.69, 9.17) is 4.74 Å². The molecule has 2 atom stereocenters. The monoisotopic (exact) mass is 247 g/mol. The molecule has 2 heteroatoms. The van der Waals surface area contributed by atoms with E-state index in [1.54, 1.807) is 0 Å². The Balaban J connectivity index is 2.42. The molecule has 100 valence electrons. The molecule has 2 rings (SSSR count). The fourth-order valence-electron chi connectivity index (χ4n) is 2.55. The summed E-state index contributed by atoms with van der Waals surface area (Å²) in [6, 6.07) is 7.09. The van der Waals surface area contributed by atoms with Crippen LogP contribution in [0.1, 0.15) is 57.7 Å². The van der Waals surface area contributed by atoms with Gasteiger partial charge in [0.2, 0.25) is 0 Å². The van der Waals surface area contributed by atoms with Crippen molar-refractivity contribution in [2.45, 2.75) is 58.1 Å². The topological polar surface area (TPSA) is 21.3 Å². The van der Waals surface area contributed by atoms with Gasteiger partial charge in [-0.1, -0.05) is 26.8 Å². The highest BCUT2D eigenvalue weighted by atomic mass is 16.5. The molecule has 18 heavy (non-hydrogen) atoms. The first kappa shape index (κ1) is 13.4. The lowest BCUT2D eigenvalue weighted by molar-refractivity contribution is 0.169. The highest BCUT2D eigenvalue weighted by Gasteiger charge is 2.27. The molecule has 2 nitrogen and oxygen atoms in total. The number of hydrogen-bond acceptors (Lipinski definition) is 2. The normalized spacial score (nSPS) is 23.4. The molecule has 0 spiro atoms. The number of nitrogens with one attached hydrogen (secondary N) is 1. The lowest BCUT2D eigenvalue weighted by Gasteiger charge is -2.32. The Morgan fingerprint density at radius 3 is 2.72 bits per heavy atom. The van der Waals surface area contributed by atoms with Crippen LogP contribution in [0, 0.1) is 0 Å². The van der Waals surface area contributed by atoms with E-state index in [1.165, 1.54) is 11.1 Å². The maximum absolute atomic E-state index is 5.93. The molecule has 1 aliphatic heterocycles. The van der Waals surface area contributed by atoms with Crippen molar-refractivity contribution >= 4 is 0 Å². The smallest absolute Gasteiger partial charge is 0.124 e. The van der Waals surface area contributed by atoms with Crippen molar-refractivity contribution in [3.05, 3.63) is 29.3 Å². The summed E-state index contributed by atoms with van der Waals surface area (Å²) < 4.78 is 5.93. The molecular formula is C16H25NO. The minimum Gasteiger partial charge on any atom is -0.490 e. The maximum Gasteiger partial charge on any atom is 0.124 e. The first-order valence-electron chi connectivity index (χ1n) is 6.96. The van der Waals surface area contributed by atoms with Gasteiger partial charge in [-0.2, -0.15) is 0 Å². The zero-order valence-corrected chi connectivity index (χ0v) is 12.2. The number of fused-ring (bicyclic) bond motifs is 1. The van der Waals surface area contributed by atoms with Gasteiger partial charge in [0.05, 0.1) is 6.10 Å². The minimum atomic E-state index is 0.233. The second kappa shape index (κ2) is 4.93. The molecule has 0 saturated carbocycles. The maximum atomic E-state index is 5.93. The molecule has 0 aromatic heterocycles. The van der Waals surface area contributed by atoms with Crippen LogP contribution in [0.4, 0.5) is 0 Å².